The lowest BCUT2D eigenvalue weighted by Crippen LogP contribution is -2.48. The number of aryl methyl sites for hydroxylation is 1. The van der Waals surface area contributed by atoms with Crippen molar-refractivity contribution in [2.24, 2.45) is 0 Å². The van der Waals surface area contributed by atoms with Gasteiger partial charge in [-0.1, -0.05) is 24.3 Å². The van der Waals surface area contributed by atoms with E-state index in [1.54, 1.807) is 55.0 Å². The average Bonchev–Trinajstić information content (AvgIpc) is 2.90. The molecule has 8 heteroatoms. The Morgan fingerprint density at radius 1 is 0.917 bits per heavy atom. The molecule has 1 aliphatic heterocycles. The van der Waals surface area contributed by atoms with Crippen molar-refractivity contribution in [2.75, 3.05) is 26.2 Å². The minimum Gasteiger partial charge on any atom is -0.336 e. The molecule has 0 unspecified atom stereocenters. The second kappa shape index (κ2) is 10.2. The Labute approximate surface area is 211 Å². The zero-order valence-corrected chi connectivity index (χ0v) is 21.0. The van der Waals surface area contributed by atoms with Crippen LogP contribution >= 0.6 is 0 Å². The Kier molecular flexibility index (Phi) is 6.80. The molecule has 5 rings (SSSR count). The molecule has 1 fully saturated rings. The lowest BCUT2D eigenvalue weighted by Gasteiger charge is -2.34. The second-order valence-electron chi connectivity index (χ2n) is 9.16. The number of carbonyl (C=O) groups is 1. The quantitative estimate of drug-likeness (QED) is 0.400. The van der Waals surface area contributed by atoms with E-state index in [1.165, 1.54) is 5.56 Å². The van der Waals surface area contributed by atoms with Gasteiger partial charge in [0.15, 0.2) is 9.84 Å². The first-order valence-corrected chi connectivity index (χ1v) is 13.6. The molecule has 0 N–H and O–H groups in total. The molecule has 0 saturated carbocycles. The molecule has 3 heterocycles. The van der Waals surface area contributed by atoms with Gasteiger partial charge in [0, 0.05) is 62.3 Å². The van der Waals surface area contributed by atoms with Crippen molar-refractivity contribution < 1.29 is 13.2 Å². The van der Waals surface area contributed by atoms with Crippen LogP contribution in [-0.2, 0) is 22.1 Å². The van der Waals surface area contributed by atoms with Crippen LogP contribution in [0.5, 0.6) is 0 Å². The van der Waals surface area contributed by atoms with Crippen LogP contribution in [0.2, 0.25) is 0 Å². The zero-order chi connectivity index (χ0) is 25.1. The number of pyridine rings is 2. The third-order valence-corrected chi connectivity index (χ3v) is 8.37. The molecule has 0 aliphatic carbocycles. The highest BCUT2D eigenvalue weighted by molar-refractivity contribution is 7.90. The van der Waals surface area contributed by atoms with Crippen LogP contribution in [0.25, 0.3) is 10.9 Å². The van der Waals surface area contributed by atoms with Gasteiger partial charge in [-0.2, -0.15) is 0 Å². The summed E-state index contributed by atoms with van der Waals surface area (Å²) in [5.41, 5.74) is 3.75. The topological polar surface area (TPSA) is 83.5 Å². The number of carbonyl (C=O) groups excluding carboxylic acids is 1. The molecule has 1 saturated heterocycles. The third kappa shape index (κ3) is 5.15. The van der Waals surface area contributed by atoms with Crippen LogP contribution in [0.15, 0.2) is 84.1 Å². The highest BCUT2D eigenvalue weighted by Crippen LogP contribution is 2.26. The van der Waals surface area contributed by atoms with Crippen LogP contribution < -0.4 is 0 Å². The van der Waals surface area contributed by atoms with E-state index >= 15 is 0 Å². The summed E-state index contributed by atoms with van der Waals surface area (Å²) in [6.45, 7) is 5.64. The summed E-state index contributed by atoms with van der Waals surface area (Å²) in [4.78, 5) is 25.9. The number of amides is 1. The summed E-state index contributed by atoms with van der Waals surface area (Å²) in [7, 11) is -3.62. The molecule has 1 aliphatic rings. The molecule has 0 radical (unpaired) electrons. The number of rotatable bonds is 6. The fraction of sp³-hybridized carbons (Fsp3) is 0.250. The van der Waals surface area contributed by atoms with Crippen LogP contribution in [-0.4, -0.2) is 60.3 Å². The molecule has 184 valence electrons. The minimum atomic E-state index is -3.62. The van der Waals surface area contributed by atoms with Gasteiger partial charge in [-0.05, 0) is 60.0 Å². The van der Waals surface area contributed by atoms with E-state index < -0.39 is 9.84 Å². The van der Waals surface area contributed by atoms with Crippen LogP contribution in [0, 0.1) is 6.92 Å². The Morgan fingerprint density at radius 3 is 2.42 bits per heavy atom. The summed E-state index contributed by atoms with van der Waals surface area (Å²) in [6, 6.07) is 18.2. The standard InChI is InChI=1S/C28H28N4O3S/c1-21-18-24(28(33)32-16-14-31(15-17-32)19-22-9-12-29-13-10-22)7-8-25(21)20-36(34,35)26-6-2-4-23-5-3-11-30-27(23)26/h2-13,18H,14-17,19-20H2,1H3. The first-order valence-electron chi connectivity index (χ1n) is 12.0. The number of aromatic nitrogens is 2. The molecule has 4 aromatic rings. The Morgan fingerprint density at radius 2 is 1.67 bits per heavy atom. The van der Waals surface area contributed by atoms with Crippen LogP contribution in [0.3, 0.4) is 0 Å². The summed E-state index contributed by atoms with van der Waals surface area (Å²) < 4.78 is 26.5. The summed E-state index contributed by atoms with van der Waals surface area (Å²) in [5, 5.41) is 0.789. The number of benzene rings is 2. The van der Waals surface area contributed by atoms with Gasteiger partial charge in [0.05, 0.1) is 16.2 Å². The van der Waals surface area contributed by atoms with Crippen molar-refractivity contribution in [3.8, 4) is 0 Å². The van der Waals surface area contributed by atoms with E-state index in [4.69, 9.17) is 0 Å². The smallest absolute Gasteiger partial charge is 0.253 e. The van der Waals surface area contributed by atoms with Crippen molar-refractivity contribution >= 4 is 26.6 Å². The molecule has 2 aromatic carbocycles. The van der Waals surface area contributed by atoms with Crippen LogP contribution in [0.4, 0.5) is 0 Å². The summed E-state index contributed by atoms with van der Waals surface area (Å²) in [6.07, 6.45) is 5.20. The lowest BCUT2D eigenvalue weighted by molar-refractivity contribution is 0.0628. The number of nitrogens with zero attached hydrogens (tertiary/aromatic N) is 4. The number of para-hydroxylation sites is 1. The second-order valence-corrected chi connectivity index (χ2v) is 11.1. The highest BCUT2D eigenvalue weighted by atomic mass is 32.2. The van der Waals surface area contributed by atoms with E-state index in [2.05, 4.69) is 14.9 Å². The Hall–Kier alpha value is -3.62. The van der Waals surface area contributed by atoms with E-state index in [9.17, 15) is 13.2 Å². The summed E-state index contributed by atoms with van der Waals surface area (Å²) >= 11 is 0. The Bertz CT molecular complexity index is 1490. The molecule has 36 heavy (non-hydrogen) atoms. The average molecular weight is 501 g/mol. The molecule has 2 aromatic heterocycles. The van der Waals surface area contributed by atoms with Gasteiger partial charge in [0.1, 0.15) is 0 Å². The zero-order valence-electron chi connectivity index (χ0n) is 20.2. The van der Waals surface area contributed by atoms with Gasteiger partial charge in [-0.15, -0.1) is 0 Å². The first kappa shape index (κ1) is 24.1. The van der Waals surface area contributed by atoms with Gasteiger partial charge < -0.3 is 4.90 Å². The van der Waals surface area contributed by atoms with Crippen molar-refractivity contribution in [2.45, 2.75) is 24.1 Å². The van der Waals surface area contributed by atoms with Gasteiger partial charge >= 0.3 is 0 Å². The fourth-order valence-corrected chi connectivity index (χ4v) is 6.28. The summed E-state index contributed by atoms with van der Waals surface area (Å²) in [5.74, 6) is -0.161. The largest absolute Gasteiger partial charge is 0.336 e. The number of sulfone groups is 1. The van der Waals surface area contributed by atoms with Crippen molar-refractivity contribution in [3.05, 3.63) is 102 Å². The number of hydrogen-bond donors (Lipinski definition) is 0. The lowest BCUT2D eigenvalue weighted by atomic mass is 10.1. The van der Waals surface area contributed by atoms with Crippen LogP contribution in [0.1, 0.15) is 27.0 Å². The molecule has 1 amide bonds. The highest BCUT2D eigenvalue weighted by Gasteiger charge is 2.24. The van der Waals surface area contributed by atoms with Crippen molar-refractivity contribution in [1.29, 1.82) is 0 Å². The number of fused-ring (bicyclic) bond motifs is 1. The van der Waals surface area contributed by atoms with Gasteiger partial charge in [-0.25, -0.2) is 8.42 Å². The van der Waals surface area contributed by atoms with Gasteiger partial charge in [0.25, 0.3) is 5.91 Å². The normalized spacial score (nSPS) is 14.8. The maximum absolute atomic E-state index is 13.3. The molecule has 0 bridgehead atoms. The van der Waals surface area contributed by atoms with E-state index in [-0.39, 0.29) is 16.6 Å². The minimum absolute atomic E-state index is 0.0191. The van der Waals surface area contributed by atoms with Gasteiger partial charge in [0.2, 0.25) is 0 Å². The Balaban J connectivity index is 1.26. The predicted molar refractivity (Wildman–Crippen MR) is 139 cm³/mol. The van der Waals surface area contributed by atoms with Crippen molar-refractivity contribution in [1.82, 2.24) is 19.8 Å². The maximum atomic E-state index is 13.3. The number of piperazine rings is 1. The van der Waals surface area contributed by atoms with E-state index in [0.29, 0.717) is 29.7 Å². The maximum Gasteiger partial charge on any atom is 0.253 e. The molecule has 0 atom stereocenters. The van der Waals surface area contributed by atoms with Gasteiger partial charge in [-0.3, -0.25) is 19.7 Å². The first-order chi connectivity index (χ1) is 17.4. The SMILES string of the molecule is Cc1cc(C(=O)N2CCN(Cc3ccncc3)CC2)ccc1CS(=O)(=O)c1cccc2cccnc12. The fourth-order valence-electron chi connectivity index (χ4n) is 4.64. The predicted octanol–water partition coefficient (Wildman–Crippen LogP) is 3.87. The van der Waals surface area contributed by atoms with E-state index in [0.717, 1.165) is 30.6 Å². The molecular weight excluding hydrogens is 472 g/mol. The molecule has 7 nitrogen and oxygen atoms in total. The van der Waals surface area contributed by atoms with E-state index in [1.807, 2.05) is 36.1 Å². The third-order valence-electron chi connectivity index (χ3n) is 6.68. The number of hydrogen-bond acceptors (Lipinski definition) is 6. The molecule has 0 spiro atoms. The van der Waals surface area contributed by atoms with Crippen molar-refractivity contribution in [3.63, 3.8) is 0 Å². The molecular formula is C28H28N4O3S. The monoisotopic (exact) mass is 500 g/mol.